The summed E-state index contributed by atoms with van der Waals surface area (Å²) in [5.74, 6) is -0.273. The van der Waals surface area contributed by atoms with Crippen molar-refractivity contribution in [3.05, 3.63) is 53.2 Å². The molecule has 31 heavy (non-hydrogen) atoms. The average Bonchev–Trinajstić information content (AvgIpc) is 3.28. The summed E-state index contributed by atoms with van der Waals surface area (Å²) in [6.45, 7) is 5.53. The number of carbonyl (C=O) groups is 1. The molecule has 2 aromatic rings. The fraction of sp³-hybridized carbons (Fsp3) is 0.273. The Kier molecular flexibility index (Phi) is 4.73. The summed E-state index contributed by atoms with van der Waals surface area (Å²) in [4.78, 5) is 13.0. The first-order valence-electron chi connectivity index (χ1n) is 9.34. The van der Waals surface area contributed by atoms with E-state index in [0.29, 0.717) is 22.8 Å². The van der Waals surface area contributed by atoms with Crippen molar-refractivity contribution in [1.82, 2.24) is 5.32 Å². The number of alkyl halides is 2. The van der Waals surface area contributed by atoms with Crippen LogP contribution in [0.4, 0.5) is 8.78 Å². The average molecular weight is 428 g/mol. The summed E-state index contributed by atoms with van der Waals surface area (Å²) in [7, 11) is 0. The number of benzene rings is 2. The zero-order chi connectivity index (χ0) is 22.4. The molecule has 0 bridgehead atoms. The van der Waals surface area contributed by atoms with Gasteiger partial charge in [-0.15, -0.1) is 8.78 Å². The molecule has 0 atom stereocenters. The molecular weight excluding hydrogens is 410 g/mol. The highest BCUT2D eigenvalue weighted by Gasteiger charge is 2.45. The van der Waals surface area contributed by atoms with Crippen molar-refractivity contribution in [2.75, 3.05) is 6.79 Å². The highest BCUT2D eigenvalue weighted by atomic mass is 19.3. The molecule has 1 amide bonds. The largest absolute Gasteiger partial charge is 0.586 e. The number of carbonyl (C=O) groups excluding carboxylic acids is 1. The summed E-state index contributed by atoms with van der Waals surface area (Å²) < 4.78 is 46.6. The van der Waals surface area contributed by atoms with Crippen LogP contribution in [0.5, 0.6) is 23.0 Å². The topological polar surface area (TPSA) is 89.8 Å². The standard InChI is InChI=1S/C22H18F2N2O5/c1-21(2,3)19(14(10-25)12-7-8-15-17(9-12)29-11-28-15)26-20(27)13-5-4-6-16-18(13)31-22(23,24)30-16/h4-9H,11H2,1-3H3,(H,26,27). The van der Waals surface area contributed by atoms with Crippen LogP contribution in [0.1, 0.15) is 36.7 Å². The van der Waals surface area contributed by atoms with E-state index in [2.05, 4.69) is 20.9 Å². The van der Waals surface area contributed by atoms with Gasteiger partial charge in [-0.05, 0) is 35.9 Å². The maximum atomic E-state index is 13.5. The molecule has 0 aromatic heterocycles. The van der Waals surface area contributed by atoms with Gasteiger partial charge in [0.2, 0.25) is 6.79 Å². The van der Waals surface area contributed by atoms with Crippen LogP contribution in [0.2, 0.25) is 0 Å². The number of rotatable bonds is 3. The van der Waals surface area contributed by atoms with E-state index in [1.807, 2.05) is 20.8 Å². The van der Waals surface area contributed by atoms with E-state index in [-0.39, 0.29) is 29.4 Å². The van der Waals surface area contributed by atoms with E-state index in [9.17, 15) is 18.8 Å². The second-order valence-corrected chi connectivity index (χ2v) is 7.93. The quantitative estimate of drug-likeness (QED) is 0.727. The number of ether oxygens (including phenoxy) is 4. The Morgan fingerprint density at radius 1 is 1.10 bits per heavy atom. The fourth-order valence-corrected chi connectivity index (χ4v) is 3.27. The third-order valence-corrected chi connectivity index (χ3v) is 4.68. The van der Waals surface area contributed by atoms with Crippen LogP contribution in [-0.4, -0.2) is 19.0 Å². The van der Waals surface area contributed by atoms with Crippen molar-refractivity contribution in [2.24, 2.45) is 5.41 Å². The maximum Gasteiger partial charge on any atom is 0.586 e. The molecule has 0 spiro atoms. The number of amides is 1. The minimum absolute atomic E-state index is 0.0824. The zero-order valence-electron chi connectivity index (χ0n) is 16.9. The molecule has 0 radical (unpaired) electrons. The Morgan fingerprint density at radius 2 is 1.84 bits per heavy atom. The molecule has 0 unspecified atom stereocenters. The zero-order valence-corrected chi connectivity index (χ0v) is 16.9. The molecule has 2 aromatic carbocycles. The second-order valence-electron chi connectivity index (χ2n) is 7.93. The van der Waals surface area contributed by atoms with Gasteiger partial charge in [0.15, 0.2) is 23.0 Å². The van der Waals surface area contributed by atoms with E-state index in [1.54, 1.807) is 18.2 Å². The number of allylic oxidation sites excluding steroid dienone is 2. The highest BCUT2D eigenvalue weighted by molar-refractivity contribution is 6.00. The Labute approximate surface area is 176 Å². The molecule has 2 aliphatic heterocycles. The molecule has 9 heteroatoms. The minimum atomic E-state index is -3.86. The molecule has 0 fully saturated rings. The van der Waals surface area contributed by atoms with Gasteiger partial charge in [0.1, 0.15) is 6.07 Å². The second kappa shape index (κ2) is 7.16. The summed E-state index contributed by atoms with van der Waals surface area (Å²) in [5, 5.41) is 12.6. The minimum Gasteiger partial charge on any atom is -0.454 e. The van der Waals surface area contributed by atoms with Gasteiger partial charge in [0.05, 0.1) is 11.1 Å². The SMILES string of the molecule is CC(C)(C)C(NC(=O)c1cccc2c1OC(F)(F)O2)=C(C#N)c1ccc2c(c1)OCO2. The molecule has 0 saturated heterocycles. The lowest BCUT2D eigenvalue weighted by Gasteiger charge is -2.26. The lowest BCUT2D eigenvalue weighted by atomic mass is 9.86. The number of nitriles is 1. The lowest BCUT2D eigenvalue weighted by Crippen LogP contribution is -2.32. The van der Waals surface area contributed by atoms with Crippen LogP contribution in [0.15, 0.2) is 42.1 Å². The normalized spacial score (nSPS) is 16.4. The van der Waals surface area contributed by atoms with Crippen LogP contribution in [-0.2, 0) is 0 Å². The third kappa shape index (κ3) is 3.84. The van der Waals surface area contributed by atoms with Crippen LogP contribution < -0.4 is 24.3 Å². The Morgan fingerprint density at radius 3 is 2.55 bits per heavy atom. The van der Waals surface area contributed by atoms with Gasteiger partial charge in [-0.3, -0.25) is 4.79 Å². The maximum absolute atomic E-state index is 13.5. The number of nitrogens with zero attached hydrogens (tertiary/aromatic N) is 1. The molecule has 160 valence electrons. The summed E-state index contributed by atoms with van der Waals surface area (Å²) in [5.41, 5.74) is 0.216. The van der Waals surface area contributed by atoms with E-state index in [4.69, 9.17) is 9.47 Å². The molecule has 2 aliphatic rings. The smallest absolute Gasteiger partial charge is 0.454 e. The monoisotopic (exact) mass is 428 g/mol. The van der Waals surface area contributed by atoms with Crippen molar-refractivity contribution in [3.8, 4) is 29.1 Å². The predicted octanol–water partition coefficient (Wildman–Crippen LogP) is 4.45. The molecule has 0 aliphatic carbocycles. The molecule has 4 rings (SSSR count). The van der Waals surface area contributed by atoms with E-state index in [0.717, 1.165) is 0 Å². The van der Waals surface area contributed by atoms with Crippen molar-refractivity contribution >= 4 is 11.5 Å². The number of hydrogen-bond acceptors (Lipinski definition) is 6. The van der Waals surface area contributed by atoms with E-state index in [1.165, 1.54) is 18.2 Å². The lowest BCUT2D eigenvalue weighted by molar-refractivity contribution is -0.286. The van der Waals surface area contributed by atoms with Crippen LogP contribution >= 0.6 is 0 Å². The fourth-order valence-electron chi connectivity index (χ4n) is 3.27. The number of para-hydroxylation sites is 1. The van der Waals surface area contributed by atoms with Gasteiger partial charge in [-0.2, -0.15) is 5.26 Å². The molecule has 2 heterocycles. The first kappa shape index (κ1) is 20.5. The van der Waals surface area contributed by atoms with Gasteiger partial charge < -0.3 is 24.3 Å². The molecular formula is C22H18F2N2O5. The van der Waals surface area contributed by atoms with Crippen LogP contribution in [0, 0.1) is 16.7 Å². The molecule has 0 saturated carbocycles. The van der Waals surface area contributed by atoms with Crippen molar-refractivity contribution in [2.45, 2.75) is 27.1 Å². The number of fused-ring (bicyclic) bond motifs is 2. The van der Waals surface area contributed by atoms with Crippen molar-refractivity contribution in [3.63, 3.8) is 0 Å². The Hall–Kier alpha value is -3.80. The van der Waals surface area contributed by atoms with Crippen LogP contribution in [0.25, 0.3) is 5.57 Å². The van der Waals surface area contributed by atoms with Gasteiger partial charge in [0.25, 0.3) is 5.91 Å². The summed E-state index contributed by atoms with van der Waals surface area (Å²) in [6, 6.07) is 11.2. The third-order valence-electron chi connectivity index (χ3n) is 4.68. The predicted molar refractivity (Wildman–Crippen MR) is 105 cm³/mol. The highest BCUT2D eigenvalue weighted by Crippen LogP contribution is 2.43. The number of halogens is 2. The molecule has 7 nitrogen and oxygen atoms in total. The summed E-state index contributed by atoms with van der Waals surface area (Å²) >= 11 is 0. The van der Waals surface area contributed by atoms with E-state index < -0.39 is 17.6 Å². The first-order chi connectivity index (χ1) is 14.6. The van der Waals surface area contributed by atoms with Gasteiger partial charge in [-0.25, -0.2) is 0 Å². The van der Waals surface area contributed by atoms with Crippen LogP contribution in [0.3, 0.4) is 0 Å². The van der Waals surface area contributed by atoms with Crippen molar-refractivity contribution in [1.29, 1.82) is 5.26 Å². The Balaban J connectivity index is 1.74. The van der Waals surface area contributed by atoms with Gasteiger partial charge in [-0.1, -0.05) is 26.8 Å². The van der Waals surface area contributed by atoms with Crippen molar-refractivity contribution < 1.29 is 32.5 Å². The van der Waals surface area contributed by atoms with Gasteiger partial charge >= 0.3 is 6.29 Å². The van der Waals surface area contributed by atoms with E-state index >= 15 is 0 Å². The van der Waals surface area contributed by atoms with Gasteiger partial charge in [0, 0.05) is 11.1 Å². The number of hydrogen-bond donors (Lipinski definition) is 1. The summed E-state index contributed by atoms with van der Waals surface area (Å²) in [6.07, 6.45) is -3.86. The molecule has 1 N–H and O–H groups in total. The number of nitrogens with one attached hydrogen (secondary N) is 1. The first-order valence-corrected chi connectivity index (χ1v) is 9.34. The Bertz CT molecular complexity index is 1150.